The molecule has 0 amide bonds. The Bertz CT molecular complexity index is 209. The third kappa shape index (κ3) is 3.96. The molecule has 100 valence electrons. The fraction of sp³-hybridized carbons (Fsp3) is 1.00. The van der Waals surface area contributed by atoms with E-state index in [9.17, 15) is 0 Å². The first-order valence-electron chi connectivity index (χ1n) is 7.72. The second-order valence-electron chi connectivity index (χ2n) is 6.13. The summed E-state index contributed by atoms with van der Waals surface area (Å²) in [5, 5.41) is 0. The van der Waals surface area contributed by atoms with Crippen molar-refractivity contribution in [3.63, 3.8) is 0 Å². The normalized spacial score (nSPS) is 31.1. The second-order valence-corrected chi connectivity index (χ2v) is 6.13. The van der Waals surface area contributed by atoms with Crippen LogP contribution in [0.2, 0.25) is 0 Å². The van der Waals surface area contributed by atoms with Gasteiger partial charge in [0.1, 0.15) is 0 Å². The topological polar surface area (TPSA) is 6.48 Å². The second kappa shape index (κ2) is 6.75. The lowest BCUT2D eigenvalue weighted by Crippen LogP contribution is -2.45. The molecule has 0 aliphatic carbocycles. The van der Waals surface area contributed by atoms with E-state index in [1.165, 1.54) is 71.1 Å². The maximum Gasteiger partial charge on any atom is 0.0120 e. The third-order valence-corrected chi connectivity index (χ3v) is 4.91. The summed E-state index contributed by atoms with van der Waals surface area (Å²) >= 11 is 0. The molecule has 2 nitrogen and oxygen atoms in total. The molecule has 0 aromatic carbocycles. The maximum atomic E-state index is 2.81. The van der Waals surface area contributed by atoms with E-state index in [0.29, 0.717) is 0 Å². The molecule has 0 radical (unpaired) electrons. The lowest BCUT2D eigenvalue weighted by molar-refractivity contribution is 0.104. The lowest BCUT2D eigenvalue weighted by atomic mass is 9.92. The van der Waals surface area contributed by atoms with E-state index >= 15 is 0 Å². The Morgan fingerprint density at radius 3 is 2.35 bits per heavy atom. The van der Waals surface area contributed by atoms with Crippen LogP contribution in [0.4, 0.5) is 0 Å². The zero-order valence-corrected chi connectivity index (χ0v) is 11.8. The molecule has 2 heterocycles. The summed E-state index contributed by atoms with van der Waals surface area (Å²) in [5.41, 5.74) is 0. The Hall–Kier alpha value is -0.0800. The fourth-order valence-electron chi connectivity index (χ4n) is 3.49. The van der Waals surface area contributed by atoms with Crippen LogP contribution in [0.3, 0.4) is 0 Å². The minimum absolute atomic E-state index is 0.891. The average molecular weight is 238 g/mol. The molecule has 17 heavy (non-hydrogen) atoms. The summed E-state index contributed by atoms with van der Waals surface area (Å²) in [6.07, 6.45) is 10.0. The summed E-state index contributed by atoms with van der Waals surface area (Å²) in [4.78, 5) is 5.30. The quantitative estimate of drug-likeness (QED) is 0.730. The van der Waals surface area contributed by atoms with E-state index < -0.39 is 0 Å². The van der Waals surface area contributed by atoms with Crippen molar-refractivity contribution in [2.24, 2.45) is 5.92 Å². The number of nitrogens with zero attached hydrogens (tertiary/aromatic N) is 2. The van der Waals surface area contributed by atoms with E-state index in [-0.39, 0.29) is 0 Å². The van der Waals surface area contributed by atoms with E-state index in [1.807, 2.05) is 0 Å². The van der Waals surface area contributed by atoms with Crippen LogP contribution in [0.25, 0.3) is 0 Å². The molecule has 2 rings (SSSR count). The number of piperidine rings is 1. The SMILES string of the molecule is CCC1CCCCN(C2CCN(C)CC2)CC1. The summed E-state index contributed by atoms with van der Waals surface area (Å²) in [6.45, 7) is 7.71. The largest absolute Gasteiger partial charge is 0.306 e. The molecule has 1 atom stereocenters. The first-order valence-corrected chi connectivity index (χ1v) is 7.72. The van der Waals surface area contributed by atoms with E-state index in [0.717, 1.165) is 12.0 Å². The monoisotopic (exact) mass is 238 g/mol. The molecule has 2 saturated heterocycles. The molecule has 2 heteroatoms. The van der Waals surface area contributed by atoms with Crippen molar-refractivity contribution in [3.05, 3.63) is 0 Å². The summed E-state index contributed by atoms with van der Waals surface area (Å²) in [7, 11) is 2.26. The molecular formula is C15H30N2. The summed E-state index contributed by atoms with van der Waals surface area (Å²) in [6, 6.07) is 0.891. The van der Waals surface area contributed by atoms with Gasteiger partial charge in [-0.1, -0.05) is 26.2 Å². The molecule has 2 fully saturated rings. The standard InChI is InChI=1S/C15H30N2/c1-3-14-6-4-5-10-17(13-7-14)15-8-11-16(2)12-9-15/h14-15H,3-13H2,1-2H3. The number of hydrogen-bond acceptors (Lipinski definition) is 2. The highest BCUT2D eigenvalue weighted by Gasteiger charge is 2.24. The molecule has 0 N–H and O–H groups in total. The van der Waals surface area contributed by atoms with Gasteiger partial charge in [0.05, 0.1) is 0 Å². The highest BCUT2D eigenvalue weighted by Crippen LogP contribution is 2.24. The third-order valence-electron chi connectivity index (χ3n) is 4.91. The molecule has 0 aromatic rings. The first kappa shape index (κ1) is 13.4. The van der Waals surface area contributed by atoms with Gasteiger partial charge in [-0.05, 0) is 64.8 Å². The van der Waals surface area contributed by atoms with Gasteiger partial charge in [0.15, 0.2) is 0 Å². The van der Waals surface area contributed by atoms with Crippen molar-refractivity contribution in [1.82, 2.24) is 9.80 Å². The maximum absolute atomic E-state index is 2.81. The van der Waals surface area contributed by atoms with Crippen LogP contribution < -0.4 is 0 Å². The van der Waals surface area contributed by atoms with Crippen LogP contribution in [-0.2, 0) is 0 Å². The van der Waals surface area contributed by atoms with Crippen LogP contribution in [-0.4, -0.2) is 49.1 Å². The molecule has 2 aliphatic heterocycles. The first-order chi connectivity index (χ1) is 8.29. The van der Waals surface area contributed by atoms with Gasteiger partial charge in [0, 0.05) is 6.04 Å². The predicted octanol–water partition coefficient (Wildman–Crippen LogP) is 2.98. The van der Waals surface area contributed by atoms with Gasteiger partial charge < -0.3 is 9.80 Å². The van der Waals surface area contributed by atoms with Gasteiger partial charge in [0.2, 0.25) is 0 Å². The predicted molar refractivity (Wildman–Crippen MR) is 74.3 cm³/mol. The van der Waals surface area contributed by atoms with Gasteiger partial charge in [-0.25, -0.2) is 0 Å². The minimum Gasteiger partial charge on any atom is -0.306 e. The average Bonchev–Trinajstić information content (AvgIpc) is 2.31. The zero-order valence-electron chi connectivity index (χ0n) is 11.8. The van der Waals surface area contributed by atoms with Gasteiger partial charge >= 0.3 is 0 Å². The molecule has 2 aliphatic rings. The Labute approximate surface area is 107 Å². The Balaban J connectivity index is 1.82. The smallest absolute Gasteiger partial charge is 0.0120 e. The number of hydrogen-bond donors (Lipinski definition) is 0. The van der Waals surface area contributed by atoms with Crippen LogP contribution in [0.15, 0.2) is 0 Å². The van der Waals surface area contributed by atoms with Crippen LogP contribution >= 0.6 is 0 Å². The number of likely N-dealkylation sites (tertiary alicyclic amines) is 2. The van der Waals surface area contributed by atoms with Crippen molar-refractivity contribution >= 4 is 0 Å². The Kier molecular flexibility index (Phi) is 5.30. The van der Waals surface area contributed by atoms with Gasteiger partial charge in [-0.3, -0.25) is 0 Å². The van der Waals surface area contributed by atoms with Crippen LogP contribution in [0.5, 0.6) is 0 Å². The minimum atomic E-state index is 0.891. The van der Waals surface area contributed by atoms with Crippen molar-refractivity contribution in [3.8, 4) is 0 Å². The molecule has 0 spiro atoms. The zero-order chi connectivity index (χ0) is 12.1. The Morgan fingerprint density at radius 2 is 1.65 bits per heavy atom. The fourth-order valence-corrected chi connectivity index (χ4v) is 3.49. The molecule has 0 saturated carbocycles. The highest BCUT2D eigenvalue weighted by molar-refractivity contribution is 4.80. The molecule has 0 bridgehead atoms. The van der Waals surface area contributed by atoms with Gasteiger partial charge in [-0.15, -0.1) is 0 Å². The molecular weight excluding hydrogens is 208 g/mol. The van der Waals surface area contributed by atoms with Gasteiger partial charge in [-0.2, -0.15) is 0 Å². The Morgan fingerprint density at radius 1 is 0.882 bits per heavy atom. The van der Waals surface area contributed by atoms with Crippen molar-refractivity contribution in [2.45, 2.75) is 57.9 Å². The van der Waals surface area contributed by atoms with Crippen molar-refractivity contribution in [2.75, 3.05) is 33.2 Å². The van der Waals surface area contributed by atoms with Crippen molar-refractivity contribution in [1.29, 1.82) is 0 Å². The van der Waals surface area contributed by atoms with Crippen LogP contribution in [0.1, 0.15) is 51.9 Å². The van der Waals surface area contributed by atoms with E-state index in [1.54, 1.807) is 0 Å². The van der Waals surface area contributed by atoms with E-state index in [4.69, 9.17) is 0 Å². The highest BCUT2D eigenvalue weighted by atomic mass is 15.2. The van der Waals surface area contributed by atoms with E-state index in [2.05, 4.69) is 23.8 Å². The summed E-state index contributed by atoms with van der Waals surface area (Å²) < 4.78 is 0. The molecule has 0 aromatic heterocycles. The van der Waals surface area contributed by atoms with Gasteiger partial charge in [0.25, 0.3) is 0 Å². The van der Waals surface area contributed by atoms with Crippen LogP contribution in [0, 0.1) is 5.92 Å². The lowest BCUT2D eigenvalue weighted by Gasteiger charge is -2.39. The number of rotatable bonds is 2. The summed E-state index contributed by atoms with van der Waals surface area (Å²) in [5.74, 6) is 1.00. The molecule has 1 unspecified atom stereocenters. The van der Waals surface area contributed by atoms with Crippen molar-refractivity contribution < 1.29 is 0 Å².